The van der Waals surface area contributed by atoms with Crippen LogP contribution in [0.2, 0.25) is 0 Å². The van der Waals surface area contributed by atoms with Crippen molar-refractivity contribution in [2.24, 2.45) is 23.1 Å². The van der Waals surface area contributed by atoms with E-state index in [0.29, 0.717) is 0 Å². The van der Waals surface area contributed by atoms with Crippen molar-refractivity contribution in [3.8, 4) is 0 Å². The van der Waals surface area contributed by atoms with Gasteiger partial charge >= 0.3 is 5.97 Å². The van der Waals surface area contributed by atoms with Crippen molar-refractivity contribution in [3.63, 3.8) is 0 Å². The molecule has 0 spiro atoms. The minimum absolute atomic E-state index is 0.0746. The molecule has 0 fully saturated rings. The van der Waals surface area contributed by atoms with E-state index in [0.717, 1.165) is 0 Å². The number of nitrogens with two attached hydrogens (primary N) is 3. The Morgan fingerprint density at radius 2 is 1.49 bits per heavy atom. The predicted molar refractivity (Wildman–Crippen MR) is 132 cm³/mol. The number of carbonyl (C=O) groups excluding carboxylic acids is 3. The molecule has 8 atom stereocenters. The fourth-order valence-electron chi connectivity index (χ4n) is 3.62. The van der Waals surface area contributed by atoms with Gasteiger partial charge in [0.05, 0.1) is 30.7 Å². The van der Waals surface area contributed by atoms with Gasteiger partial charge in [-0.2, -0.15) is 0 Å². The van der Waals surface area contributed by atoms with Crippen molar-refractivity contribution >= 4 is 23.4 Å². The van der Waals surface area contributed by atoms with E-state index in [1.807, 2.05) is 0 Å². The molecule has 0 saturated carbocycles. The smallest absolute Gasteiger partial charge is 0.321 e. The van der Waals surface area contributed by atoms with Crippen molar-refractivity contribution in [2.45, 2.75) is 75.1 Å². The zero-order valence-corrected chi connectivity index (χ0v) is 20.8. The van der Waals surface area contributed by atoms with E-state index in [-0.39, 0.29) is 30.1 Å². The highest BCUT2D eigenvalue weighted by Crippen LogP contribution is 2.24. The van der Waals surface area contributed by atoms with E-state index in [1.54, 1.807) is 19.9 Å². The highest BCUT2D eigenvalue weighted by molar-refractivity contribution is 5.95. The molecule has 1 aromatic carbocycles. The van der Waals surface area contributed by atoms with Crippen LogP contribution in [0.3, 0.4) is 0 Å². The summed E-state index contributed by atoms with van der Waals surface area (Å²) in [5.41, 5.74) is 17.4. The Bertz CT molecular complexity index is 915. The molecule has 1 aromatic rings. The summed E-state index contributed by atoms with van der Waals surface area (Å²) in [5, 5.41) is 52.6. The van der Waals surface area contributed by atoms with Crippen LogP contribution in [0, 0.1) is 5.92 Å². The van der Waals surface area contributed by atoms with Gasteiger partial charge in [-0.3, -0.25) is 19.2 Å². The van der Waals surface area contributed by atoms with Crippen LogP contribution in [0.5, 0.6) is 0 Å². The van der Waals surface area contributed by atoms with E-state index in [2.05, 4.69) is 5.32 Å². The topological polar surface area (TPSA) is 260 Å². The number of hydrogen-bond donors (Lipinski definition) is 9. The Hall–Kier alpha value is -2.78. The Labute approximate surface area is 214 Å². The second kappa shape index (κ2) is 14.8. The lowest BCUT2D eigenvalue weighted by atomic mass is 9.83. The molecule has 1 unspecified atom stereocenters. The first-order valence-corrected chi connectivity index (χ1v) is 11.8. The number of carboxylic acids is 1. The first-order valence-electron chi connectivity index (χ1n) is 11.8. The number of carbonyl (C=O) groups is 4. The number of hydrogen-bond acceptors (Lipinski definition) is 11. The molecule has 0 aliphatic heterocycles. The quantitative estimate of drug-likeness (QED) is 0.104. The number of aliphatic hydroxyl groups is 4. The Morgan fingerprint density at radius 3 is 1.97 bits per heavy atom. The SMILES string of the molecule is CC(C)[C@H](N)C(=O)CC[C@H](N)C(=O)N[C@@H](CO)[C@@H](O)[C@@H](O)[C@H](O)C(=O)C(c1ccccc1)[C@H](N)C(=O)O. The van der Waals surface area contributed by atoms with Crippen LogP contribution in [-0.2, 0) is 19.2 Å². The summed E-state index contributed by atoms with van der Waals surface area (Å²) in [4.78, 5) is 48.9. The molecular formula is C24H38N4O9. The lowest BCUT2D eigenvalue weighted by Crippen LogP contribution is -2.58. The number of benzene rings is 1. The summed E-state index contributed by atoms with van der Waals surface area (Å²) < 4.78 is 0. The van der Waals surface area contributed by atoms with Crippen LogP contribution in [0.1, 0.15) is 38.2 Å². The normalized spacial score (nSPS) is 18.1. The van der Waals surface area contributed by atoms with E-state index in [4.69, 9.17) is 17.2 Å². The van der Waals surface area contributed by atoms with Crippen LogP contribution in [0.4, 0.5) is 0 Å². The van der Waals surface area contributed by atoms with Gasteiger partial charge in [0.15, 0.2) is 5.78 Å². The number of aliphatic hydroxyl groups excluding tert-OH is 4. The Morgan fingerprint density at radius 1 is 0.919 bits per heavy atom. The molecule has 0 aromatic heterocycles. The zero-order chi connectivity index (χ0) is 28.4. The Balaban J connectivity index is 2.91. The number of aliphatic carboxylic acids is 1. The fraction of sp³-hybridized carbons (Fsp3) is 0.583. The molecule has 1 rings (SSSR count). The molecule has 37 heavy (non-hydrogen) atoms. The molecule has 0 aliphatic rings. The number of rotatable bonds is 16. The molecule has 1 amide bonds. The Kier molecular flexibility index (Phi) is 12.9. The average Bonchev–Trinajstić information content (AvgIpc) is 2.88. The molecule has 0 bridgehead atoms. The van der Waals surface area contributed by atoms with Gasteiger partial charge in [0.25, 0.3) is 0 Å². The van der Waals surface area contributed by atoms with Crippen LogP contribution in [-0.4, -0.2) is 98.1 Å². The van der Waals surface area contributed by atoms with Gasteiger partial charge in [-0.15, -0.1) is 0 Å². The lowest BCUT2D eigenvalue weighted by molar-refractivity contribution is -0.148. The summed E-state index contributed by atoms with van der Waals surface area (Å²) in [7, 11) is 0. The monoisotopic (exact) mass is 526 g/mol. The fourth-order valence-corrected chi connectivity index (χ4v) is 3.62. The van der Waals surface area contributed by atoms with Crippen LogP contribution in [0.25, 0.3) is 0 Å². The van der Waals surface area contributed by atoms with E-state index >= 15 is 0 Å². The number of carboxylic acid groups (broad SMARTS) is 1. The maximum absolute atomic E-state index is 13.0. The molecular weight excluding hydrogens is 488 g/mol. The molecule has 13 nitrogen and oxygen atoms in total. The van der Waals surface area contributed by atoms with Gasteiger partial charge in [0, 0.05) is 6.42 Å². The summed E-state index contributed by atoms with van der Waals surface area (Å²) >= 11 is 0. The summed E-state index contributed by atoms with van der Waals surface area (Å²) in [6, 6.07) is 2.21. The highest BCUT2D eigenvalue weighted by Gasteiger charge is 2.42. The van der Waals surface area contributed by atoms with Gasteiger partial charge in [0.2, 0.25) is 5.91 Å². The van der Waals surface area contributed by atoms with Crippen LogP contribution in [0.15, 0.2) is 30.3 Å². The van der Waals surface area contributed by atoms with Crippen LogP contribution < -0.4 is 22.5 Å². The van der Waals surface area contributed by atoms with Gasteiger partial charge in [-0.25, -0.2) is 0 Å². The first-order chi connectivity index (χ1) is 17.2. The zero-order valence-electron chi connectivity index (χ0n) is 20.8. The van der Waals surface area contributed by atoms with E-state index in [9.17, 15) is 44.7 Å². The number of ketones is 2. The van der Waals surface area contributed by atoms with Crippen molar-refractivity contribution in [1.29, 1.82) is 0 Å². The summed E-state index contributed by atoms with van der Waals surface area (Å²) in [6.07, 6.45) is -6.77. The maximum Gasteiger partial charge on any atom is 0.321 e. The van der Waals surface area contributed by atoms with E-state index < -0.39 is 72.7 Å². The second-order valence-electron chi connectivity index (χ2n) is 9.26. The molecule has 208 valence electrons. The summed E-state index contributed by atoms with van der Waals surface area (Å²) in [5.74, 6) is -5.55. The number of Topliss-reactive ketones (excluding diaryl/α,β-unsaturated/α-hetero) is 2. The molecule has 13 heteroatoms. The third-order valence-corrected chi connectivity index (χ3v) is 6.14. The van der Waals surface area contributed by atoms with Crippen molar-refractivity contribution in [3.05, 3.63) is 35.9 Å². The largest absolute Gasteiger partial charge is 0.480 e. The predicted octanol–water partition coefficient (Wildman–Crippen LogP) is -3.03. The first kappa shape index (κ1) is 32.2. The standard InChI is InChI=1S/C24H38N4O9/c1-11(2)17(26)15(30)9-8-13(25)23(35)28-14(10-29)19(31)21(33)22(34)20(32)16(18(27)24(36)37)12-6-4-3-5-7-12/h3-7,11,13-14,16-19,21-22,29,31,33-34H,8-10,25-27H2,1-2H3,(H,28,35)(H,36,37)/t13-,14-,16?,17-,18-,19+,21+,22+/m0/s1. The summed E-state index contributed by atoms with van der Waals surface area (Å²) in [6.45, 7) is 2.63. The van der Waals surface area contributed by atoms with Gasteiger partial charge in [-0.05, 0) is 17.9 Å². The minimum atomic E-state index is -2.32. The van der Waals surface area contributed by atoms with Gasteiger partial charge in [-0.1, -0.05) is 44.2 Å². The van der Waals surface area contributed by atoms with E-state index in [1.165, 1.54) is 24.3 Å². The van der Waals surface area contributed by atoms with Crippen molar-refractivity contribution in [1.82, 2.24) is 5.32 Å². The van der Waals surface area contributed by atoms with Crippen molar-refractivity contribution < 1.29 is 44.7 Å². The number of amides is 1. The third-order valence-electron chi connectivity index (χ3n) is 6.14. The highest BCUT2D eigenvalue weighted by atomic mass is 16.4. The average molecular weight is 527 g/mol. The molecule has 0 heterocycles. The van der Waals surface area contributed by atoms with Crippen molar-refractivity contribution in [2.75, 3.05) is 6.61 Å². The molecule has 0 saturated heterocycles. The minimum Gasteiger partial charge on any atom is -0.480 e. The van der Waals surface area contributed by atoms with Gasteiger partial charge < -0.3 is 48.1 Å². The number of nitrogens with one attached hydrogen (secondary N) is 1. The lowest BCUT2D eigenvalue weighted by Gasteiger charge is -2.31. The second-order valence-corrected chi connectivity index (χ2v) is 9.26. The van der Waals surface area contributed by atoms with Crippen LogP contribution >= 0.6 is 0 Å². The molecule has 0 radical (unpaired) electrons. The third kappa shape index (κ3) is 8.93. The maximum atomic E-state index is 13.0. The molecule has 12 N–H and O–H groups in total. The van der Waals surface area contributed by atoms with Gasteiger partial charge in [0.1, 0.15) is 30.1 Å². The molecule has 0 aliphatic carbocycles.